The smallest absolute Gasteiger partial charge is 0.303 e. The van der Waals surface area contributed by atoms with E-state index < -0.39 is 5.97 Å². The normalized spacial score (nSPS) is 20.2. The van der Waals surface area contributed by atoms with Crippen LogP contribution in [0.2, 0.25) is 0 Å². The van der Waals surface area contributed by atoms with Crippen molar-refractivity contribution < 1.29 is 14.6 Å². The van der Waals surface area contributed by atoms with Crippen LogP contribution in [0.5, 0.6) is 0 Å². The first kappa shape index (κ1) is 20.2. The number of unbranched alkanes of at least 4 members (excludes halogenated alkanes) is 9. The fourth-order valence-corrected chi connectivity index (χ4v) is 3.01. The number of carboxylic acid groups (broad SMARTS) is 1. The Labute approximate surface area is 142 Å². The molecule has 0 aliphatic carbocycles. The van der Waals surface area contributed by atoms with Crippen LogP contribution in [0.15, 0.2) is 12.2 Å². The molecule has 2 atom stereocenters. The van der Waals surface area contributed by atoms with E-state index in [4.69, 9.17) is 9.84 Å². The van der Waals surface area contributed by atoms with E-state index in [1.165, 1.54) is 51.4 Å². The molecule has 1 aliphatic rings. The minimum absolute atomic E-state index is 0.314. The molecule has 0 saturated carbocycles. The second-order valence-corrected chi connectivity index (χ2v) is 6.82. The van der Waals surface area contributed by atoms with Gasteiger partial charge in [-0.05, 0) is 32.1 Å². The number of allylic oxidation sites excluding steroid dienone is 1. The molecule has 1 heterocycles. The van der Waals surface area contributed by atoms with Crippen molar-refractivity contribution in [3.63, 3.8) is 0 Å². The fourth-order valence-electron chi connectivity index (χ4n) is 3.01. The van der Waals surface area contributed by atoms with Gasteiger partial charge in [0, 0.05) is 6.42 Å². The Bertz CT molecular complexity index is 325. The zero-order valence-electron chi connectivity index (χ0n) is 15.0. The third kappa shape index (κ3) is 12.3. The molecule has 1 aliphatic heterocycles. The predicted molar refractivity (Wildman–Crippen MR) is 95.7 cm³/mol. The largest absolute Gasteiger partial charge is 0.481 e. The number of hydrogen-bond donors (Lipinski definition) is 1. The summed E-state index contributed by atoms with van der Waals surface area (Å²) in [6, 6.07) is 0. The summed E-state index contributed by atoms with van der Waals surface area (Å²) in [5.74, 6) is -0.676. The lowest BCUT2D eigenvalue weighted by molar-refractivity contribution is -0.137. The second-order valence-electron chi connectivity index (χ2n) is 6.82. The molecule has 0 amide bonds. The average molecular weight is 325 g/mol. The molecule has 0 radical (unpaired) electrons. The summed E-state index contributed by atoms with van der Waals surface area (Å²) in [6.45, 7) is 2.26. The highest BCUT2D eigenvalue weighted by atomic mass is 16.6. The quantitative estimate of drug-likeness (QED) is 0.219. The van der Waals surface area contributed by atoms with Crippen molar-refractivity contribution >= 4 is 5.97 Å². The number of aliphatic carboxylic acids is 1. The van der Waals surface area contributed by atoms with Crippen LogP contribution in [0.25, 0.3) is 0 Å². The number of hydrogen-bond acceptors (Lipinski definition) is 2. The first-order valence-electron chi connectivity index (χ1n) is 9.76. The molecular weight excluding hydrogens is 288 g/mol. The van der Waals surface area contributed by atoms with E-state index in [-0.39, 0.29) is 0 Å². The van der Waals surface area contributed by atoms with Crippen molar-refractivity contribution in [2.24, 2.45) is 0 Å². The van der Waals surface area contributed by atoms with Crippen LogP contribution in [0.3, 0.4) is 0 Å². The van der Waals surface area contributed by atoms with Crippen molar-refractivity contribution in [1.29, 1.82) is 0 Å². The maximum Gasteiger partial charge on any atom is 0.303 e. The number of carboxylic acids is 1. The van der Waals surface area contributed by atoms with Gasteiger partial charge in [-0.1, -0.05) is 70.4 Å². The predicted octanol–water partition coefficient (Wildman–Crippen LogP) is 5.88. The maximum absolute atomic E-state index is 10.4. The van der Waals surface area contributed by atoms with Crippen molar-refractivity contribution in [3.05, 3.63) is 12.2 Å². The van der Waals surface area contributed by atoms with Crippen LogP contribution >= 0.6 is 0 Å². The topological polar surface area (TPSA) is 49.8 Å². The molecule has 0 aromatic heterocycles. The molecule has 1 fully saturated rings. The summed E-state index contributed by atoms with van der Waals surface area (Å²) in [4.78, 5) is 10.4. The first-order chi connectivity index (χ1) is 11.2. The fraction of sp³-hybridized carbons (Fsp3) is 0.850. The van der Waals surface area contributed by atoms with E-state index in [2.05, 4.69) is 19.1 Å². The summed E-state index contributed by atoms with van der Waals surface area (Å²) in [5, 5.41) is 8.54. The van der Waals surface area contributed by atoms with E-state index in [9.17, 15) is 4.79 Å². The lowest BCUT2D eigenvalue weighted by atomic mass is 10.1. The molecular formula is C20H36O3. The SMILES string of the molecule is CCCCCCCC[C@H]1O[C@@H]1C/C=C\CCCCCCC(=O)O. The molecule has 0 bridgehead atoms. The maximum atomic E-state index is 10.4. The molecule has 0 aromatic rings. The van der Waals surface area contributed by atoms with E-state index in [0.29, 0.717) is 18.6 Å². The van der Waals surface area contributed by atoms with Crippen molar-refractivity contribution in [2.45, 2.75) is 109 Å². The summed E-state index contributed by atoms with van der Waals surface area (Å²) < 4.78 is 5.72. The highest BCUT2D eigenvalue weighted by Crippen LogP contribution is 2.30. The van der Waals surface area contributed by atoms with Crippen molar-refractivity contribution in [3.8, 4) is 0 Å². The minimum atomic E-state index is -0.676. The van der Waals surface area contributed by atoms with Crippen LogP contribution in [-0.4, -0.2) is 23.3 Å². The summed E-state index contributed by atoms with van der Waals surface area (Å²) in [7, 11) is 0. The highest BCUT2D eigenvalue weighted by Gasteiger charge is 2.36. The van der Waals surface area contributed by atoms with E-state index in [1.54, 1.807) is 0 Å². The molecule has 1 rings (SSSR count). The Hall–Kier alpha value is -0.830. The van der Waals surface area contributed by atoms with Gasteiger partial charge in [-0.25, -0.2) is 0 Å². The van der Waals surface area contributed by atoms with Gasteiger partial charge in [0.2, 0.25) is 0 Å². The van der Waals surface area contributed by atoms with Crippen LogP contribution in [-0.2, 0) is 9.53 Å². The minimum Gasteiger partial charge on any atom is -0.481 e. The zero-order chi connectivity index (χ0) is 16.8. The van der Waals surface area contributed by atoms with Gasteiger partial charge in [-0.3, -0.25) is 4.79 Å². The van der Waals surface area contributed by atoms with Gasteiger partial charge in [0.05, 0.1) is 12.2 Å². The molecule has 1 N–H and O–H groups in total. The van der Waals surface area contributed by atoms with Crippen LogP contribution in [0.4, 0.5) is 0 Å². The summed E-state index contributed by atoms with van der Waals surface area (Å²) in [6.07, 6.45) is 21.6. The average Bonchev–Trinajstić information content (AvgIpc) is 3.27. The summed E-state index contributed by atoms with van der Waals surface area (Å²) >= 11 is 0. The third-order valence-corrected chi connectivity index (χ3v) is 4.58. The van der Waals surface area contributed by atoms with Gasteiger partial charge in [-0.15, -0.1) is 0 Å². The molecule has 23 heavy (non-hydrogen) atoms. The van der Waals surface area contributed by atoms with E-state index in [0.717, 1.165) is 32.1 Å². The number of ether oxygens (including phenoxy) is 1. The van der Waals surface area contributed by atoms with Crippen LogP contribution in [0, 0.1) is 0 Å². The zero-order valence-corrected chi connectivity index (χ0v) is 15.0. The van der Waals surface area contributed by atoms with Gasteiger partial charge < -0.3 is 9.84 Å². The Morgan fingerprint density at radius 1 is 0.913 bits per heavy atom. The third-order valence-electron chi connectivity index (χ3n) is 4.58. The van der Waals surface area contributed by atoms with Crippen LogP contribution in [0.1, 0.15) is 96.8 Å². The molecule has 0 spiro atoms. The first-order valence-corrected chi connectivity index (χ1v) is 9.76. The van der Waals surface area contributed by atoms with E-state index >= 15 is 0 Å². The molecule has 3 nitrogen and oxygen atoms in total. The standard InChI is InChI=1S/C20H36O3/c1-2-3-4-5-9-12-15-18-19(23-18)16-13-10-7-6-8-11-14-17-20(21)22/h10,13,18-19H,2-9,11-12,14-17H2,1H3,(H,21,22)/b13-10-/t18-,19-/m1/s1. The van der Waals surface area contributed by atoms with Crippen molar-refractivity contribution in [1.82, 2.24) is 0 Å². The Morgan fingerprint density at radius 2 is 1.61 bits per heavy atom. The van der Waals surface area contributed by atoms with Crippen molar-refractivity contribution in [2.75, 3.05) is 0 Å². The van der Waals surface area contributed by atoms with Gasteiger partial charge in [0.1, 0.15) is 0 Å². The molecule has 1 saturated heterocycles. The van der Waals surface area contributed by atoms with Crippen LogP contribution < -0.4 is 0 Å². The lowest BCUT2D eigenvalue weighted by Crippen LogP contribution is -1.93. The number of rotatable bonds is 16. The molecule has 134 valence electrons. The number of carbonyl (C=O) groups is 1. The lowest BCUT2D eigenvalue weighted by Gasteiger charge is -1.98. The molecule has 0 unspecified atom stereocenters. The van der Waals surface area contributed by atoms with Gasteiger partial charge >= 0.3 is 5.97 Å². The van der Waals surface area contributed by atoms with Gasteiger partial charge in [0.15, 0.2) is 0 Å². The van der Waals surface area contributed by atoms with Gasteiger partial charge in [-0.2, -0.15) is 0 Å². The second kappa shape index (κ2) is 13.6. The molecule has 3 heteroatoms. The Kier molecular flexibility index (Phi) is 11.9. The Balaban J connectivity index is 1.81. The highest BCUT2D eigenvalue weighted by molar-refractivity contribution is 5.66. The van der Waals surface area contributed by atoms with Gasteiger partial charge in [0.25, 0.3) is 0 Å². The molecule has 0 aromatic carbocycles. The monoisotopic (exact) mass is 324 g/mol. The van der Waals surface area contributed by atoms with E-state index in [1.807, 2.05) is 0 Å². The number of epoxide rings is 1. The Morgan fingerprint density at radius 3 is 2.39 bits per heavy atom. The summed E-state index contributed by atoms with van der Waals surface area (Å²) in [5.41, 5.74) is 0.